The van der Waals surface area contributed by atoms with Gasteiger partial charge in [0.15, 0.2) is 0 Å². The molecule has 2 aromatic heterocycles. The summed E-state index contributed by atoms with van der Waals surface area (Å²) < 4.78 is 5.24. The Hall–Kier alpha value is -3.41. The van der Waals surface area contributed by atoms with E-state index in [1.54, 1.807) is 0 Å². The van der Waals surface area contributed by atoms with E-state index in [1.807, 2.05) is 44.2 Å². The van der Waals surface area contributed by atoms with Gasteiger partial charge in [0.25, 0.3) is 5.91 Å². The molecule has 6 heteroatoms. The van der Waals surface area contributed by atoms with Gasteiger partial charge < -0.3 is 14.8 Å². The average molecular weight is 360 g/mol. The Bertz CT molecular complexity index is 1130. The summed E-state index contributed by atoms with van der Waals surface area (Å²) in [6.45, 7) is 6.22. The highest BCUT2D eigenvalue weighted by Crippen LogP contribution is 2.26. The van der Waals surface area contributed by atoms with Crippen LogP contribution in [0.25, 0.3) is 22.3 Å². The molecule has 4 aromatic rings. The van der Waals surface area contributed by atoms with E-state index in [-0.39, 0.29) is 12.5 Å². The first kappa shape index (κ1) is 17.0. The van der Waals surface area contributed by atoms with Gasteiger partial charge in [-0.1, -0.05) is 47.1 Å². The molecule has 0 fully saturated rings. The Morgan fingerprint density at radius 3 is 2.70 bits per heavy atom. The number of hydrogen-bond acceptors (Lipinski definition) is 4. The highest BCUT2D eigenvalue weighted by Gasteiger charge is 2.17. The number of hydrogen-bond donors (Lipinski definition) is 2. The fourth-order valence-corrected chi connectivity index (χ4v) is 3.29. The molecule has 4 rings (SSSR count). The number of H-pyrrole nitrogens is 1. The lowest BCUT2D eigenvalue weighted by Gasteiger charge is -2.01. The summed E-state index contributed by atoms with van der Waals surface area (Å²) in [6.07, 6.45) is 0. The highest BCUT2D eigenvalue weighted by molar-refractivity contribution is 6.01. The first-order chi connectivity index (χ1) is 13.0. The van der Waals surface area contributed by atoms with Crippen LogP contribution in [0.1, 0.15) is 33.1 Å². The van der Waals surface area contributed by atoms with Crippen molar-refractivity contribution in [3.05, 3.63) is 70.7 Å². The molecule has 27 heavy (non-hydrogen) atoms. The molecule has 2 N–H and O–H groups in total. The molecule has 0 saturated heterocycles. The quantitative estimate of drug-likeness (QED) is 0.574. The van der Waals surface area contributed by atoms with Crippen LogP contribution in [0.2, 0.25) is 0 Å². The molecule has 0 saturated carbocycles. The minimum absolute atomic E-state index is 0.172. The molecule has 0 aliphatic rings. The highest BCUT2D eigenvalue weighted by atomic mass is 16.5. The zero-order valence-electron chi connectivity index (χ0n) is 15.5. The number of carbonyl (C=O) groups is 1. The summed E-state index contributed by atoms with van der Waals surface area (Å²) in [6, 6.07) is 13.8. The van der Waals surface area contributed by atoms with E-state index < -0.39 is 0 Å². The Morgan fingerprint density at radius 1 is 1.15 bits per heavy atom. The van der Waals surface area contributed by atoms with Gasteiger partial charge in [0.1, 0.15) is 5.69 Å². The molecule has 0 aliphatic heterocycles. The SMILES string of the molecule is Cc1cc(C)c2[nH]c(C(=O)NCc3nc(-c4ccccc4)no3)c(C)c2c1. The number of aromatic amines is 1. The van der Waals surface area contributed by atoms with Crippen molar-refractivity contribution in [2.45, 2.75) is 27.3 Å². The van der Waals surface area contributed by atoms with E-state index in [4.69, 9.17) is 4.52 Å². The minimum Gasteiger partial charge on any atom is -0.350 e. The fourth-order valence-electron chi connectivity index (χ4n) is 3.29. The molecular weight excluding hydrogens is 340 g/mol. The minimum atomic E-state index is -0.194. The van der Waals surface area contributed by atoms with E-state index in [0.29, 0.717) is 17.4 Å². The lowest BCUT2D eigenvalue weighted by molar-refractivity contribution is 0.0941. The second-order valence-electron chi connectivity index (χ2n) is 6.69. The molecule has 2 aromatic carbocycles. The van der Waals surface area contributed by atoms with Crippen LogP contribution in [0.15, 0.2) is 47.0 Å². The number of nitrogens with one attached hydrogen (secondary N) is 2. The summed E-state index contributed by atoms with van der Waals surface area (Å²) in [7, 11) is 0. The summed E-state index contributed by atoms with van der Waals surface area (Å²) in [5, 5.41) is 7.89. The van der Waals surface area contributed by atoms with Crippen LogP contribution in [-0.4, -0.2) is 21.0 Å². The maximum atomic E-state index is 12.6. The third-order valence-electron chi connectivity index (χ3n) is 4.64. The zero-order chi connectivity index (χ0) is 19.0. The molecule has 0 radical (unpaired) electrons. The Morgan fingerprint density at radius 2 is 1.93 bits per heavy atom. The van der Waals surface area contributed by atoms with E-state index in [0.717, 1.165) is 27.6 Å². The van der Waals surface area contributed by atoms with Gasteiger partial charge in [-0.3, -0.25) is 4.79 Å². The zero-order valence-corrected chi connectivity index (χ0v) is 15.5. The van der Waals surface area contributed by atoms with E-state index in [2.05, 4.69) is 39.5 Å². The molecule has 2 heterocycles. The monoisotopic (exact) mass is 360 g/mol. The second kappa shape index (κ2) is 6.72. The van der Waals surface area contributed by atoms with Crippen molar-refractivity contribution in [3.8, 4) is 11.4 Å². The lowest BCUT2D eigenvalue weighted by Crippen LogP contribution is -2.24. The maximum Gasteiger partial charge on any atom is 0.268 e. The summed E-state index contributed by atoms with van der Waals surface area (Å²) >= 11 is 0. The van der Waals surface area contributed by atoms with Gasteiger partial charge in [0.05, 0.1) is 6.54 Å². The molecule has 0 bridgehead atoms. The van der Waals surface area contributed by atoms with Gasteiger partial charge in [-0.15, -0.1) is 0 Å². The molecule has 6 nitrogen and oxygen atoms in total. The van der Waals surface area contributed by atoms with E-state index in [1.165, 1.54) is 5.56 Å². The van der Waals surface area contributed by atoms with Crippen LogP contribution in [0.3, 0.4) is 0 Å². The Balaban J connectivity index is 1.52. The summed E-state index contributed by atoms with van der Waals surface area (Å²) in [5.41, 5.74) is 5.65. The van der Waals surface area contributed by atoms with Gasteiger partial charge in [-0.25, -0.2) is 0 Å². The number of fused-ring (bicyclic) bond motifs is 1. The van der Waals surface area contributed by atoms with Crippen LogP contribution in [-0.2, 0) is 6.54 Å². The third-order valence-corrected chi connectivity index (χ3v) is 4.64. The van der Waals surface area contributed by atoms with Crippen molar-refractivity contribution in [3.63, 3.8) is 0 Å². The van der Waals surface area contributed by atoms with Crippen molar-refractivity contribution in [1.82, 2.24) is 20.4 Å². The molecular formula is C21H20N4O2. The smallest absolute Gasteiger partial charge is 0.268 e. The molecule has 0 aliphatic carbocycles. The van der Waals surface area contributed by atoms with Crippen LogP contribution in [0.4, 0.5) is 0 Å². The first-order valence-corrected chi connectivity index (χ1v) is 8.78. The first-order valence-electron chi connectivity index (χ1n) is 8.78. The summed E-state index contributed by atoms with van der Waals surface area (Å²) in [5.74, 6) is 0.677. The van der Waals surface area contributed by atoms with Gasteiger partial charge in [-0.05, 0) is 38.0 Å². The summed E-state index contributed by atoms with van der Waals surface area (Å²) in [4.78, 5) is 20.2. The van der Waals surface area contributed by atoms with Crippen molar-refractivity contribution < 1.29 is 9.32 Å². The number of amides is 1. The van der Waals surface area contributed by atoms with E-state index >= 15 is 0 Å². The van der Waals surface area contributed by atoms with Crippen molar-refractivity contribution in [2.24, 2.45) is 0 Å². The van der Waals surface area contributed by atoms with Crippen LogP contribution >= 0.6 is 0 Å². The van der Waals surface area contributed by atoms with Gasteiger partial charge in [0, 0.05) is 16.5 Å². The fraction of sp³-hybridized carbons (Fsp3) is 0.190. The van der Waals surface area contributed by atoms with Gasteiger partial charge in [-0.2, -0.15) is 4.98 Å². The largest absolute Gasteiger partial charge is 0.350 e. The van der Waals surface area contributed by atoms with Crippen LogP contribution < -0.4 is 5.32 Å². The third kappa shape index (κ3) is 3.21. The van der Waals surface area contributed by atoms with Crippen molar-refractivity contribution in [1.29, 1.82) is 0 Å². The van der Waals surface area contributed by atoms with E-state index in [9.17, 15) is 4.79 Å². The number of aryl methyl sites for hydroxylation is 3. The average Bonchev–Trinajstić information content (AvgIpc) is 3.26. The molecule has 136 valence electrons. The number of carbonyl (C=O) groups excluding carboxylic acids is 1. The van der Waals surface area contributed by atoms with Gasteiger partial charge in [0.2, 0.25) is 11.7 Å². The predicted molar refractivity (Wildman–Crippen MR) is 103 cm³/mol. The standard InChI is InChI=1S/C21H20N4O2/c1-12-9-13(2)18-16(10-12)14(3)19(24-18)21(26)22-11-17-23-20(25-27-17)15-7-5-4-6-8-15/h4-10,24H,11H2,1-3H3,(H,22,26). The van der Waals surface area contributed by atoms with Crippen LogP contribution in [0.5, 0.6) is 0 Å². The normalized spacial score (nSPS) is 11.1. The molecule has 1 amide bonds. The number of aromatic nitrogens is 3. The molecule has 0 atom stereocenters. The number of rotatable bonds is 4. The van der Waals surface area contributed by atoms with Crippen molar-refractivity contribution >= 4 is 16.8 Å². The molecule has 0 unspecified atom stereocenters. The second-order valence-corrected chi connectivity index (χ2v) is 6.69. The Labute approximate surface area is 156 Å². The van der Waals surface area contributed by atoms with Crippen LogP contribution in [0, 0.1) is 20.8 Å². The Kier molecular flexibility index (Phi) is 4.24. The maximum absolute atomic E-state index is 12.6. The number of benzene rings is 2. The molecule has 0 spiro atoms. The lowest BCUT2D eigenvalue weighted by atomic mass is 10.1. The predicted octanol–water partition coefficient (Wildman–Crippen LogP) is 4.07. The number of nitrogens with zero attached hydrogens (tertiary/aromatic N) is 2. The van der Waals surface area contributed by atoms with Crippen molar-refractivity contribution in [2.75, 3.05) is 0 Å². The van der Waals surface area contributed by atoms with Gasteiger partial charge >= 0.3 is 0 Å². The topological polar surface area (TPSA) is 83.8 Å².